The summed E-state index contributed by atoms with van der Waals surface area (Å²) >= 11 is 0. The lowest BCUT2D eigenvalue weighted by molar-refractivity contribution is -0.146. The van der Waals surface area contributed by atoms with Crippen molar-refractivity contribution in [1.82, 2.24) is 0 Å². The van der Waals surface area contributed by atoms with Gasteiger partial charge in [0.2, 0.25) is 0 Å². The zero-order valence-corrected chi connectivity index (χ0v) is 47.5. The Morgan fingerprint density at radius 1 is 0.312 bits per heavy atom. The molecule has 0 N–H and O–H groups in total. The van der Waals surface area contributed by atoms with E-state index in [2.05, 4.69) is 65.8 Å². The van der Waals surface area contributed by atoms with E-state index in [4.69, 9.17) is 71.1 Å². The Morgan fingerprint density at radius 3 is 0.844 bits per heavy atom. The van der Waals surface area contributed by atoms with Gasteiger partial charge in [0, 0.05) is 27.9 Å². The number of carbonyl (C=O) groups excluding carboxylic acids is 5. The van der Waals surface area contributed by atoms with Crippen LogP contribution >= 0.6 is 0 Å². The van der Waals surface area contributed by atoms with Crippen LogP contribution in [0.2, 0.25) is 0 Å². The summed E-state index contributed by atoms with van der Waals surface area (Å²) in [5.74, 6) is -1.94. The SMILES string of the molecule is C=CCOCC(C)OCCOC(=O)C(=C)C.C=CCOCCOC(=O)C(=C)C.C=CCOCCOCC(C)OC(=O)C(=C)C.C=CCOCCOCCOC(=O)C(=C)C.C=CCOCCOCCOCCOC(=O)C(=C)C. The fraction of sp³-hybridized carbons (Fsp3) is 0.561. The maximum Gasteiger partial charge on any atom is 0.333 e. The molecule has 0 rings (SSSR count). The third-order valence-electron chi connectivity index (χ3n) is 7.52. The number of carbonyl (C=O) groups is 5. The number of ether oxygens (including phenoxy) is 15. The first kappa shape index (κ1) is 80.2. The van der Waals surface area contributed by atoms with Gasteiger partial charge in [-0.1, -0.05) is 63.3 Å². The van der Waals surface area contributed by atoms with Gasteiger partial charge >= 0.3 is 29.8 Å². The molecule has 0 bridgehead atoms. The van der Waals surface area contributed by atoms with Crippen LogP contribution < -0.4 is 0 Å². The molecule has 442 valence electrons. The first-order valence-corrected chi connectivity index (χ1v) is 24.7. The maximum absolute atomic E-state index is 11.1. The highest BCUT2D eigenvalue weighted by molar-refractivity contribution is 5.88. The molecule has 0 aliphatic heterocycles. The Kier molecular flexibility index (Phi) is 65.5. The molecule has 0 amide bonds. The van der Waals surface area contributed by atoms with Crippen LogP contribution in [0.15, 0.2) is 124 Å². The minimum atomic E-state index is -0.394. The minimum absolute atomic E-state index is 0.0246. The predicted octanol–water partition coefficient (Wildman–Crippen LogP) is 7.40. The van der Waals surface area contributed by atoms with Crippen molar-refractivity contribution in [3.05, 3.63) is 124 Å². The fourth-order valence-electron chi connectivity index (χ4n) is 3.83. The van der Waals surface area contributed by atoms with Crippen molar-refractivity contribution in [3.8, 4) is 0 Å². The van der Waals surface area contributed by atoms with Crippen molar-refractivity contribution in [2.75, 3.05) is 152 Å². The summed E-state index contributed by atoms with van der Waals surface area (Å²) in [7, 11) is 0. The lowest BCUT2D eigenvalue weighted by Crippen LogP contribution is -2.21. The van der Waals surface area contributed by atoms with Gasteiger partial charge in [0.25, 0.3) is 0 Å². The van der Waals surface area contributed by atoms with Crippen LogP contribution in [-0.4, -0.2) is 194 Å². The van der Waals surface area contributed by atoms with E-state index >= 15 is 0 Å². The molecule has 20 nitrogen and oxygen atoms in total. The standard InChI is InChI=1S/C13H22O5.2C12H20O4.C11H18O4.C9H14O3/c1-4-5-15-6-7-16-8-9-17-10-11-18-13(14)12(2)3;1-5-6-14-9-11(4)15-7-8-16-12(13)10(2)3;1-5-6-14-7-8-15-9-11(4)16-12(13)10(2)3;1-4-5-13-6-7-14-8-9-15-11(12)10(2)3;1-4-5-11-6-7-12-9(10)8(2)3/h4H,1-2,5-11H2,3H3;2*5,11H,1-2,6-9H2,3-4H3;4H,1-2,5-9H2,3H3;4H,1-2,5-7H2,3H3. The van der Waals surface area contributed by atoms with Gasteiger partial charge in [-0.3, -0.25) is 0 Å². The fourth-order valence-corrected chi connectivity index (χ4v) is 3.83. The maximum atomic E-state index is 11.1. The van der Waals surface area contributed by atoms with Crippen molar-refractivity contribution in [2.24, 2.45) is 0 Å². The summed E-state index contributed by atoms with van der Waals surface area (Å²) in [5, 5.41) is 0. The molecule has 0 aromatic carbocycles. The molecule has 2 unspecified atom stereocenters. The molecule has 0 saturated carbocycles. The van der Waals surface area contributed by atoms with Gasteiger partial charge in [0.15, 0.2) is 0 Å². The highest BCUT2D eigenvalue weighted by Gasteiger charge is 2.10. The van der Waals surface area contributed by atoms with Gasteiger partial charge in [-0.05, 0) is 48.5 Å². The summed E-state index contributed by atoms with van der Waals surface area (Å²) in [6.45, 7) is 56.5. The van der Waals surface area contributed by atoms with E-state index in [1.54, 1.807) is 71.9 Å². The van der Waals surface area contributed by atoms with Crippen LogP contribution in [0.1, 0.15) is 48.5 Å². The topological polar surface area (TPSA) is 224 Å². The lowest BCUT2D eigenvalue weighted by Gasteiger charge is -2.13. The zero-order chi connectivity index (χ0) is 59.3. The van der Waals surface area contributed by atoms with Gasteiger partial charge in [-0.15, -0.1) is 32.9 Å². The van der Waals surface area contributed by atoms with Crippen molar-refractivity contribution in [1.29, 1.82) is 0 Å². The summed E-state index contributed by atoms with van der Waals surface area (Å²) in [6.07, 6.45) is 8.07. The third kappa shape index (κ3) is 70.3. The van der Waals surface area contributed by atoms with E-state index in [9.17, 15) is 24.0 Å². The normalized spacial score (nSPS) is 10.6. The molecule has 0 aromatic heterocycles. The summed E-state index contributed by atoms with van der Waals surface area (Å²) < 4.78 is 76.0. The summed E-state index contributed by atoms with van der Waals surface area (Å²) in [5.41, 5.74) is 1.96. The van der Waals surface area contributed by atoms with Crippen LogP contribution in [0.3, 0.4) is 0 Å². The quantitative estimate of drug-likeness (QED) is 0.0190. The molecule has 2 atom stereocenters. The van der Waals surface area contributed by atoms with Gasteiger partial charge in [0.1, 0.15) is 32.5 Å². The van der Waals surface area contributed by atoms with E-state index in [1.165, 1.54) is 0 Å². The highest BCUT2D eigenvalue weighted by Crippen LogP contribution is 2.00. The van der Waals surface area contributed by atoms with Crippen molar-refractivity contribution >= 4 is 29.8 Å². The van der Waals surface area contributed by atoms with E-state index in [0.29, 0.717) is 153 Å². The Labute approximate surface area is 460 Å². The summed E-state index contributed by atoms with van der Waals surface area (Å²) in [6, 6.07) is 0. The zero-order valence-electron chi connectivity index (χ0n) is 47.5. The van der Waals surface area contributed by atoms with Gasteiger partial charge in [0.05, 0.1) is 132 Å². The smallest absolute Gasteiger partial charge is 0.333 e. The molecule has 0 aromatic rings. The monoisotopic (exact) mass is 1100 g/mol. The summed E-state index contributed by atoms with van der Waals surface area (Å²) in [4.78, 5) is 54.8. The Hall–Kier alpha value is -5.65. The number of hydrogen-bond acceptors (Lipinski definition) is 20. The molecule has 0 aliphatic carbocycles. The van der Waals surface area contributed by atoms with E-state index < -0.39 is 5.97 Å². The van der Waals surface area contributed by atoms with Crippen molar-refractivity contribution in [2.45, 2.75) is 60.7 Å². The lowest BCUT2D eigenvalue weighted by atomic mass is 10.3. The molecular formula is C57H94O20. The predicted molar refractivity (Wildman–Crippen MR) is 297 cm³/mol. The largest absolute Gasteiger partial charge is 0.460 e. The molecule has 0 radical (unpaired) electrons. The van der Waals surface area contributed by atoms with Crippen molar-refractivity contribution in [3.63, 3.8) is 0 Å². The Morgan fingerprint density at radius 2 is 0.545 bits per heavy atom. The van der Waals surface area contributed by atoms with Crippen LogP contribution in [0.5, 0.6) is 0 Å². The second-order valence-electron chi connectivity index (χ2n) is 15.5. The number of hydrogen-bond donors (Lipinski definition) is 0. The van der Waals surface area contributed by atoms with Gasteiger partial charge in [-0.25, -0.2) is 24.0 Å². The van der Waals surface area contributed by atoms with E-state index in [0.717, 1.165) is 0 Å². The molecule has 0 aliphatic rings. The van der Waals surface area contributed by atoms with E-state index in [1.807, 2.05) is 6.92 Å². The highest BCUT2D eigenvalue weighted by atomic mass is 16.6. The molecule has 0 heterocycles. The average Bonchev–Trinajstić information content (AvgIpc) is 3.39. The molecule has 77 heavy (non-hydrogen) atoms. The number of esters is 5. The minimum Gasteiger partial charge on any atom is -0.460 e. The van der Waals surface area contributed by atoms with Gasteiger partial charge < -0.3 is 71.1 Å². The van der Waals surface area contributed by atoms with Crippen LogP contribution in [-0.2, 0) is 95.0 Å². The van der Waals surface area contributed by atoms with E-state index in [-0.39, 0.29) is 62.5 Å². The second kappa shape index (κ2) is 62.9. The van der Waals surface area contributed by atoms with Crippen LogP contribution in [0.25, 0.3) is 0 Å². The first-order chi connectivity index (χ1) is 36.7. The molecular weight excluding hydrogens is 1000 g/mol. The number of rotatable bonds is 45. The van der Waals surface area contributed by atoms with Crippen LogP contribution in [0.4, 0.5) is 0 Å². The Bertz CT molecular complexity index is 1650. The van der Waals surface area contributed by atoms with Crippen LogP contribution in [0, 0.1) is 0 Å². The first-order valence-electron chi connectivity index (χ1n) is 24.7. The molecule has 0 fully saturated rings. The molecule has 0 spiro atoms. The molecule has 20 heteroatoms. The molecule has 0 saturated heterocycles. The second-order valence-corrected chi connectivity index (χ2v) is 15.5. The average molecular weight is 1100 g/mol. The van der Waals surface area contributed by atoms with Gasteiger partial charge in [-0.2, -0.15) is 0 Å². The third-order valence-corrected chi connectivity index (χ3v) is 7.52. The van der Waals surface area contributed by atoms with Crippen molar-refractivity contribution < 1.29 is 95.0 Å². The Balaban J connectivity index is -0.000000282.